The number of aromatic nitrogens is 2. The fourth-order valence-corrected chi connectivity index (χ4v) is 3.57. The van der Waals surface area contributed by atoms with Crippen molar-refractivity contribution < 1.29 is 4.52 Å². The molecule has 0 aliphatic heterocycles. The van der Waals surface area contributed by atoms with Gasteiger partial charge in [0.15, 0.2) is 5.82 Å². The minimum atomic E-state index is -0.488. The molecule has 1 aliphatic carbocycles. The van der Waals surface area contributed by atoms with Crippen molar-refractivity contribution in [2.24, 2.45) is 11.7 Å². The van der Waals surface area contributed by atoms with E-state index in [2.05, 4.69) is 33.0 Å². The van der Waals surface area contributed by atoms with E-state index in [1.807, 2.05) is 18.2 Å². The first kappa shape index (κ1) is 15.0. The van der Waals surface area contributed by atoms with E-state index >= 15 is 0 Å². The molecular formula is C15H17BrClN3O. The number of nitrogens with two attached hydrogens (primary N) is 1. The van der Waals surface area contributed by atoms with Gasteiger partial charge in [-0.25, -0.2) is 0 Å². The maximum absolute atomic E-state index is 6.50. The molecule has 0 saturated heterocycles. The third-order valence-electron chi connectivity index (χ3n) is 4.09. The van der Waals surface area contributed by atoms with Crippen molar-refractivity contribution in [3.8, 4) is 11.5 Å². The lowest BCUT2D eigenvalue weighted by Crippen LogP contribution is -2.42. The molecule has 1 saturated carbocycles. The van der Waals surface area contributed by atoms with Crippen LogP contribution in [0.15, 0.2) is 27.2 Å². The highest BCUT2D eigenvalue weighted by Gasteiger charge is 2.37. The first-order valence-electron chi connectivity index (χ1n) is 7.07. The molecule has 2 atom stereocenters. The van der Waals surface area contributed by atoms with Gasteiger partial charge in [-0.2, -0.15) is 4.98 Å². The van der Waals surface area contributed by atoms with E-state index in [4.69, 9.17) is 21.9 Å². The molecule has 0 amide bonds. The SMILES string of the molecule is CC1CCCC(N)(c2noc(-c3cccc(Br)c3Cl)n2)C1. The lowest BCUT2D eigenvalue weighted by atomic mass is 9.76. The average Bonchev–Trinajstić information content (AvgIpc) is 2.92. The Labute approximate surface area is 137 Å². The van der Waals surface area contributed by atoms with Gasteiger partial charge in [-0.05, 0) is 46.8 Å². The molecule has 21 heavy (non-hydrogen) atoms. The Balaban J connectivity index is 1.95. The zero-order valence-corrected chi connectivity index (χ0v) is 14.1. The van der Waals surface area contributed by atoms with Crippen molar-refractivity contribution in [2.45, 2.75) is 38.1 Å². The van der Waals surface area contributed by atoms with Crippen molar-refractivity contribution in [3.63, 3.8) is 0 Å². The maximum atomic E-state index is 6.50. The number of hydrogen-bond acceptors (Lipinski definition) is 4. The van der Waals surface area contributed by atoms with E-state index in [9.17, 15) is 0 Å². The van der Waals surface area contributed by atoms with Crippen LogP contribution in [0.1, 0.15) is 38.4 Å². The largest absolute Gasteiger partial charge is 0.334 e. The molecular weight excluding hydrogens is 354 g/mol. The monoisotopic (exact) mass is 369 g/mol. The van der Waals surface area contributed by atoms with Crippen LogP contribution in [0.2, 0.25) is 5.02 Å². The molecule has 0 radical (unpaired) electrons. The Bertz CT molecular complexity index is 660. The van der Waals surface area contributed by atoms with Gasteiger partial charge in [-0.3, -0.25) is 0 Å². The molecule has 1 heterocycles. The van der Waals surface area contributed by atoms with Crippen molar-refractivity contribution >= 4 is 27.5 Å². The topological polar surface area (TPSA) is 64.9 Å². The van der Waals surface area contributed by atoms with Crippen molar-refractivity contribution in [1.82, 2.24) is 10.1 Å². The summed E-state index contributed by atoms with van der Waals surface area (Å²) in [4.78, 5) is 4.50. The molecule has 0 spiro atoms. The quantitative estimate of drug-likeness (QED) is 0.844. The van der Waals surface area contributed by atoms with E-state index in [-0.39, 0.29) is 0 Å². The van der Waals surface area contributed by atoms with Crippen LogP contribution in [0.4, 0.5) is 0 Å². The highest BCUT2D eigenvalue weighted by molar-refractivity contribution is 9.10. The second kappa shape index (κ2) is 5.71. The summed E-state index contributed by atoms with van der Waals surface area (Å²) in [6, 6.07) is 5.61. The smallest absolute Gasteiger partial charge is 0.259 e. The van der Waals surface area contributed by atoms with Gasteiger partial charge in [0.05, 0.1) is 16.1 Å². The number of hydrogen-bond donors (Lipinski definition) is 1. The van der Waals surface area contributed by atoms with Gasteiger partial charge in [0, 0.05) is 4.47 Å². The van der Waals surface area contributed by atoms with Crippen molar-refractivity contribution in [3.05, 3.63) is 33.5 Å². The van der Waals surface area contributed by atoms with Crippen LogP contribution in [0.5, 0.6) is 0 Å². The van der Waals surface area contributed by atoms with Gasteiger partial charge in [0.2, 0.25) is 0 Å². The lowest BCUT2D eigenvalue weighted by Gasteiger charge is -2.33. The molecule has 2 unspecified atom stereocenters. The Morgan fingerprint density at radius 1 is 1.48 bits per heavy atom. The Morgan fingerprint density at radius 2 is 2.29 bits per heavy atom. The summed E-state index contributed by atoms with van der Waals surface area (Å²) < 4.78 is 6.19. The van der Waals surface area contributed by atoms with Crippen LogP contribution in [0, 0.1) is 5.92 Å². The fraction of sp³-hybridized carbons (Fsp3) is 0.467. The van der Waals surface area contributed by atoms with Gasteiger partial charge >= 0.3 is 0 Å². The molecule has 112 valence electrons. The summed E-state index contributed by atoms with van der Waals surface area (Å²) in [5.41, 5.74) is 6.73. The highest BCUT2D eigenvalue weighted by Crippen LogP contribution is 2.38. The zero-order valence-electron chi connectivity index (χ0n) is 11.8. The normalized spacial score (nSPS) is 26.0. The summed E-state index contributed by atoms with van der Waals surface area (Å²) in [6.07, 6.45) is 4.08. The summed E-state index contributed by atoms with van der Waals surface area (Å²) >= 11 is 9.67. The van der Waals surface area contributed by atoms with Crippen LogP contribution >= 0.6 is 27.5 Å². The third-order valence-corrected chi connectivity index (χ3v) is 5.38. The first-order valence-corrected chi connectivity index (χ1v) is 8.24. The molecule has 1 aromatic heterocycles. The molecule has 6 heteroatoms. The summed E-state index contributed by atoms with van der Waals surface area (Å²) in [6.45, 7) is 2.22. The third kappa shape index (κ3) is 2.87. The summed E-state index contributed by atoms with van der Waals surface area (Å²) in [5, 5.41) is 4.67. The maximum Gasteiger partial charge on any atom is 0.259 e. The van der Waals surface area contributed by atoms with Crippen LogP contribution in [-0.2, 0) is 5.54 Å². The fourth-order valence-electron chi connectivity index (χ4n) is 3.00. The van der Waals surface area contributed by atoms with Crippen LogP contribution in [0.3, 0.4) is 0 Å². The second-order valence-corrected chi connectivity index (χ2v) is 7.11. The predicted molar refractivity (Wildman–Crippen MR) is 85.9 cm³/mol. The number of nitrogens with zero attached hydrogens (tertiary/aromatic N) is 2. The van der Waals surface area contributed by atoms with Gasteiger partial charge < -0.3 is 10.3 Å². The van der Waals surface area contributed by atoms with Crippen molar-refractivity contribution in [2.75, 3.05) is 0 Å². The minimum absolute atomic E-state index is 0.416. The lowest BCUT2D eigenvalue weighted by molar-refractivity contribution is 0.222. The zero-order chi connectivity index (χ0) is 15.0. The van der Waals surface area contributed by atoms with Gasteiger partial charge in [-0.15, -0.1) is 0 Å². The van der Waals surface area contributed by atoms with Gasteiger partial charge in [0.1, 0.15) is 0 Å². The molecule has 0 bridgehead atoms. The molecule has 1 aromatic carbocycles. The van der Waals surface area contributed by atoms with Crippen molar-refractivity contribution in [1.29, 1.82) is 0 Å². The molecule has 1 fully saturated rings. The number of benzene rings is 1. The standard InChI is InChI=1S/C15H17BrClN3O/c1-9-4-3-7-15(18,8-9)14-19-13(21-20-14)10-5-2-6-11(16)12(10)17/h2,5-6,9H,3-4,7-8,18H2,1H3. The van der Waals surface area contributed by atoms with E-state index in [0.717, 1.165) is 29.3 Å². The molecule has 3 rings (SSSR count). The van der Waals surface area contributed by atoms with Crippen LogP contribution < -0.4 is 5.73 Å². The number of rotatable bonds is 2. The Hall–Kier alpha value is -0.910. The molecule has 2 N–H and O–H groups in total. The minimum Gasteiger partial charge on any atom is -0.334 e. The predicted octanol–water partition coefficient (Wildman–Crippen LogP) is 4.52. The molecule has 2 aromatic rings. The molecule has 4 nitrogen and oxygen atoms in total. The van der Waals surface area contributed by atoms with E-state index in [1.165, 1.54) is 6.42 Å². The molecule has 1 aliphatic rings. The number of halogens is 2. The van der Waals surface area contributed by atoms with E-state index < -0.39 is 5.54 Å². The first-order chi connectivity index (χ1) is 9.99. The summed E-state index contributed by atoms with van der Waals surface area (Å²) in [7, 11) is 0. The van der Waals surface area contributed by atoms with E-state index in [1.54, 1.807) is 0 Å². The van der Waals surface area contributed by atoms with E-state index in [0.29, 0.717) is 22.7 Å². The van der Waals surface area contributed by atoms with Crippen LogP contribution in [0.25, 0.3) is 11.5 Å². The highest BCUT2D eigenvalue weighted by atomic mass is 79.9. The van der Waals surface area contributed by atoms with Gasteiger partial charge in [0.25, 0.3) is 5.89 Å². The average molecular weight is 371 g/mol. The van der Waals surface area contributed by atoms with Gasteiger partial charge in [-0.1, -0.05) is 42.6 Å². The Kier molecular flexibility index (Phi) is 4.08. The summed E-state index contributed by atoms with van der Waals surface area (Å²) in [5.74, 6) is 1.58. The second-order valence-electron chi connectivity index (χ2n) is 5.88. The van der Waals surface area contributed by atoms with Crippen LogP contribution in [-0.4, -0.2) is 10.1 Å². The Morgan fingerprint density at radius 3 is 3.05 bits per heavy atom.